The number of para-hydroxylation sites is 2. The second-order valence-corrected chi connectivity index (χ2v) is 10.1. The molecule has 3 aromatic rings. The lowest BCUT2D eigenvalue weighted by Crippen LogP contribution is -2.40. The fourth-order valence-electron chi connectivity index (χ4n) is 4.28. The third kappa shape index (κ3) is 4.99. The van der Waals surface area contributed by atoms with E-state index >= 15 is 0 Å². The van der Waals surface area contributed by atoms with Gasteiger partial charge in [-0.25, -0.2) is 4.98 Å². The molecule has 0 saturated heterocycles. The maximum atomic E-state index is 13.5. The molecule has 1 aliphatic heterocycles. The van der Waals surface area contributed by atoms with Crippen molar-refractivity contribution in [2.24, 2.45) is 0 Å². The van der Waals surface area contributed by atoms with Gasteiger partial charge < -0.3 is 9.64 Å². The van der Waals surface area contributed by atoms with Gasteiger partial charge in [0.2, 0.25) is 5.91 Å². The molecule has 2 unspecified atom stereocenters. The molecule has 1 aliphatic rings. The summed E-state index contributed by atoms with van der Waals surface area (Å²) in [6, 6.07) is 15.6. The predicted molar refractivity (Wildman–Crippen MR) is 134 cm³/mol. The van der Waals surface area contributed by atoms with Gasteiger partial charge in [0, 0.05) is 24.9 Å². The number of hydrogen-bond donors (Lipinski definition) is 0. The molecule has 7 heteroatoms. The van der Waals surface area contributed by atoms with E-state index < -0.39 is 0 Å². The first-order chi connectivity index (χ1) is 15.9. The molecule has 0 aliphatic carbocycles. The average molecular weight is 466 g/mol. The first-order valence-electron chi connectivity index (χ1n) is 11.6. The summed E-state index contributed by atoms with van der Waals surface area (Å²) < 4.78 is 7.36. The molecule has 2 aromatic carbocycles. The number of anilines is 1. The third-order valence-electron chi connectivity index (χ3n) is 5.88. The van der Waals surface area contributed by atoms with Crippen LogP contribution in [0.1, 0.15) is 39.7 Å². The smallest absolute Gasteiger partial charge is 0.262 e. The molecular formula is C26H31N3O3S. The molecule has 0 bridgehead atoms. The summed E-state index contributed by atoms with van der Waals surface area (Å²) in [5.74, 6) is 0.0366. The lowest BCUT2D eigenvalue weighted by molar-refractivity contribution is -0.118. The molecule has 2 atom stereocenters. The molecule has 2 heterocycles. The largest absolute Gasteiger partial charge is 0.379 e. The normalized spacial score (nSPS) is 16.4. The molecule has 33 heavy (non-hydrogen) atoms. The van der Waals surface area contributed by atoms with Crippen LogP contribution in [0.5, 0.6) is 0 Å². The SMILES string of the molecule is CC(C)OCCCn1c(SC(C)C(=O)N2c3ccccc3CC2C)nc2ccccc2c1=O. The number of carbonyl (C=O) groups excluding carboxylic acids is 1. The molecule has 0 N–H and O–H groups in total. The van der Waals surface area contributed by atoms with E-state index in [2.05, 4.69) is 13.0 Å². The molecule has 0 radical (unpaired) electrons. The van der Waals surface area contributed by atoms with Crippen LogP contribution in [0.3, 0.4) is 0 Å². The van der Waals surface area contributed by atoms with Crippen LogP contribution in [0.15, 0.2) is 58.5 Å². The number of benzene rings is 2. The monoisotopic (exact) mass is 465 g/mol. The van der Waals surface area contributed by atoms with Crippen molar-refractivity contribution in [3.05, 3.63) is 64.4 Å². The number of rotatable bonds is 8. The van der Waals surface area contributed by atoms with Crippen LogP contribution in [0.4, 0.5) is 5.69 Å². The Hall–Kier alpha value is -2.64. The van der Waals surface area contributed by atoms with Crippen molar-refractivity contribution < 1.29 is 9.53 Å². The van der Waals surface area contributed by atoms with Gasteiger partial charge in [0.15, 0.2) is 5.16 Å². The number of fused-ring (bicyclic) bond motifs is 2. The zero-order valence-corrected chi connectivity index (χ0v) is 20.5. The van der Waals surface area contributed by atoms with Gasteiger partial charge in [0.25, 0.3) is 5.56 Å². The molecule has 0 fully saturated rings. The topological polar surface area (TPSA) is 64.4 Å². The number of nitrogens with zero attached hydrogens (tertiary/aromatic N) is 3. The van der Waals surface area contributed by atoms with E-state index in [0.717, 1.165) is 12.1 Å². The van der Waals surface area contributed by atoms with Gasteiger partial charge in [-0.3, -0.25) is 14.2 Å². The van der Waals surface area contributed by atoms with Crippen molar-refractivity contribution in [3.8, 4) is 0 Å². The number of aromatic nitrogens is 2. The van der Waals surface area contributed by atoms with Crippen molar-refractivity contribution in [2.75, 3.05) is 11.5 Å². The summed E-state index contributed by atoms with van der Waals surface area (Å²) in [6.45, 7) is 9.03. The van der Waals surface area contributed by atoms with Gasteiger partial charge in [0.1, 0.15) is 0 Å². The van der Waals surface area contributed by atoms with Crippen LogP contribution in [0.25, 0.3) is 10.9 Å². The van der Waals surface area contributed by atoms with Crippen LogP contribution in [-0.4, -0.2) is 39.5 Å². The second kappa shape index (κ2) is 10.1. The summed E-state index contributed by atoms with van der Waals surface area (Å²) in [5.41, 5.74) is 2.75. The summed E-state index contributed by atoms with van der Waals surface area (Å²) in [5, 5.41) is 0.779. The van der Waals surface area contributed by atoms with Gasteiger partial charge in [-0.05, 0) is 64.3 Å². The first kappa shape index (κ1) is 23.5. The van der Waals surface area contributed by atoms with E-state index in [-0.39, 0.29) is 28.9 Å². The quantitative estimate of drug-likeness (QED) is 0.275. The van der Waals surface area contributed by atoms with Crippen molar-refractivity contribution in [1.82, 2.24) is 9.55 Å². The molecule has 0 saturated carbocycles. The molecule has 4 rings (SSSR count). The Bertz CT molecular complexity index is 1210. The van der Waals surface area contributed by atoms with E-state index in [9.17, 15) is 9.59 Å². The van der Waals surface area contributed by atoms with Crippen molar-refractivity contribution in [2.45, 2.75) is 69.6 Å². The standard InChI is InChI=1S/C26H31N3O3S/c1-17(2)32-15-9-14-28-25(31)21-11-6-7-12-22(21)27-26(28)33-19(4)24(30)29-18(3)16-20-10-5-8-13-23(20)29/h5-8,10-13,17-19H,9,14-16H2,1-4H3. The van der Waals surface area contributed by atoms with Crippen LogP contribution < -0.4 is 10.5 Å². The minimum atomic E-state index is -0.384. The number of ether oxygens (including phenoxy) is 1. The van der Waals surface area contributed by atoms with Gasteiger partial charge in [-0.2, -0.15) is 0 Å². The van der Waals surface area contributed by atoms with Crippen LogP contribution in [0, 0.1) is 0 Å². The molecular weight excluding hydrogens is 434 g/mol. The summed E-state index contributed by atoms with van der Waals surface area (Å²) in [4.78, 5) is 33.4. The highest BCUT2D eigenvalue weighted by Crippen LogP contribution is 2.34. The Kier molecular flexibility index (Phi) is 7.20. The van der Waals surface area contributed by atoms with E-state index in [0.29, 0.717) is 35.6 Å². The van der Waals surface area contributed by atoms with Crippen molar-refractivity contribution in [3.63, 3.8) is 0 Å². The lowest BCUT2D eigenvalue weighted by Gasteiger charge is -2.26. The molecule has 174 valence electrons. The lowest BCUT2D eigenvalue weighted by atomic mass is 10.1. The zero-order valence-electron chi connectivity index (χ0n) is 19.7. The van der Waals surface area contributed by atoms with Gasteiger partial charge in [0.05, 0.1) is 22.3 Å². The fourth-order valence-corrected chi connectivity index (χ4v) is 5.27. The molecule has 1 aromatic heterocycles. The molecule has 1 amide bonds. The maximum Gasteiger partial charge on any atom is 0.262 e. The Balaban J connectivity index is 1.61. The minimum absolute atomic E-state index is 0.0366. The zero-order chi connectivity index (χ0) is 23.5. The van der Waals surface area contributed by atoms with E-state index in [1.807, 2.05) is 62.1 Å². The van der Waals surface area contributed by atoms with E-state index in [4.69, 9.17) is 9.72 Å². The average Bonchev–Trinajstić information content (AvgIpc) is 3.13. The number of hydrogen-bond acceptors (Lipinski definition) is 5. The molecule has 6 nitrogen and oxygen atoms in total. The Morgan fingerprint density at radius 1 is 1.15 bits per heavy atom. The highest BCUT2D eigenvalue weighted by molar-refractivity contribution is 8.00. The predicted octanol–water partition coefficient (Wildman–Crippen LogP) is 4.67. The van der Waals surface area contributed by atoms with Gasteiger partial charge >= 0.3 is 0 Å². The number of thioether (sulfide) groups is 1. The minimum Gasteiger partial charge on any atom is -0.379 e. The Morgan fingerprint density at radius 3 is 2.67 bits per heavy atom. The first-order valence-corrected chi connectivity index (χ1v) is 12.4. The van der Waals surface area contributed by atoms with Gasteiger partial charge in [-0.1, -0.05) is 42.1 Å². The summed E-state index contributed by atoms with van der Waals surface area (Å²) in [7, 11) is 0. The third-order valence-corrected chi connectivity index (χ3v) is 6.96. The summed E-state index contributed by atoms with van der Waals surface area (Å²) >= 11 is 1.36. The van der Waals surface area contributed by atoms with Crippen LogP contribution >= 0.6 is 11.8 Å². The van der Waals surface area contributed by atoms with E-state index in [1.165, 1.54) is 17.3 Å². The Morgan fingerprint density at radius 2 is 1.88 bits per heavy atom. The molecule has 0 spiro atoms. The van der Waals surface area contributed by atoms with E-state index in [1.54, 1.807) is 10.6 Å². The second-order valence-electron chi connectivity index (χ2n) is 8.79. The van der Waals surface area contributed by atoms with Crippen molar-refractivity contribution in [1.29, 1.82) is 0 Å². The fraction of sp³-hybridized carbons (Fsp3) is 0.423. The summed E-state index contributed by atoms with van der Waals surface area (Å²) in [6.07, 6.45) is 1.70. The van der Waals surface area contributed by atoms with Crippen LogP contribution in [-0.2, 0) is 22.5 Å². The Labute approximate surface area is 199 Å². The number of carbonyl (C=O) groups is 1. The highest BCUT2D eigenvalue weighted by Gasteiger charge is 2.34. The number of amides is 1. The van der Waals surface area contributed by atoms with Gasteiger partial charge in [-0.15, -0.1) is 0 Å². The van der Waals surface area contributed by atoms with Crippen LogP contribution in [0.2, 0.25) is 0 Å². The highest BCUT2D eigenvalue weighted by atomic mass is 32.2. The maximum absolute atomic E-state index is 13.5. The van der Waals surface area contributed by atoms with Crippen molar-refractivity contribution >= 4 is 34.3 Å².